The van der Waals surface area contributed by atoms with Crippen LogP contribution in [-0.4, -0.2) is 49.4 Å². The number of ether oxygens (including phenoxy) is 1. The highest BCUT2D eigenvalue weighted by Crippen LogP contribution is 2.37. The molecular weight excluding hydrogens is 684 g/mol. The minimum Gasteiger partial charge on any atom is -0.457 e. The number of barbiturate groups is 1. The van der Waals surface area contributed by atoms with Crippen molar-refractivity contribution in [1.82, 2.24) is 30.7 Å². The first-order valence-electron chi connectivity index (χ1n) is 18.7. The van der Waals surface area contributed by atoms with Gasteiger partial charge in [0.25, 0.3) is 0 Å². The van der Waals surface area contributed by atoms with Crippen molar-refractivity contribution in [2.45, 2.75) is 105 Å². The molecule has 3 aromatic carbocycles. The van der Waals surface area contributed by atoms with Crippen LogP contribution in [0.3, 0.4) is 0 Å². The summed E-state index contributed by atoms with van der Waals surface area (Å²) in [6, 6.07) is 24.6. The molecule has 12 heteroatoms. The molecule has 0 bridgehead atoms. The average molecular weight is 737 g/mol. The predicted octanol–water partition coefficient (Wildman–Crippen LogP) is 7.59. The maximum atomic E-state index is 12.9. The van der Waals surface area contributed by atoms with Crippen LogP contribution in [0.4, 0.5) is 4.79 Å². The van der Waals surface area contributed by atoms with E-state index in [1.165, 1.54) is 5.56 Å². The van der Waals surface area contributed by atoms with E-state index in [-0.39, 0.29) is 30.7 Å². The average Bonchev–Trinajstić information content (AvgIpc) is 3.61. The van der Waals surface area contributed by atoms with Gasteiger partial charge in [-0.25, -0.2) is 14.3 Å². The van der Waals surface area contributed by atoms with E-state index in [0.29, 0.717) is 48.5 Å². The number of carbonyl (C=O) groups is 4. The van der Waals surface area contributed by atoms with Crippen LogP contribution in [0.5, 0.6) is 0 Å². The highest BCUT2D eigenvalue weighted by atomic mass is 16.7. The number of imide groups is 2. The Labute approximate surface area is 317 Å². The molecule has 0 spiro atoms. The number of amides is 4. The molecular formula is C42H52N6O6. The molecule has 0 aliphatic carbocycles. The summed E-state index contributed by atoms with van der Waals surface area (Å²) in [6.07, 6.45) is 3.78. The number of carbonyl (C=O) groups excluding carboxylic acids is 4. The van der Waals surface area contributed by atoms with E-state index in [9.17, 15) is 19.2 Å². The first-order chi connectivity index (χ1) is 25.7. The molecule has 12 nitrogen and oxygen atoms in total. The van der Waals surface area contributed by atoms with Gasteiger partial charge in [0.15, 0.2) is 0 Å². The molecule has 2 heterocycles. The van der Waals surface area contributed by atoms with Crippen LogP contribution in [0.1, 0.15) is 119 Å². The molecule has 5 rings (SSSR count). The summed E-state index contributed by atoms with van der Waals surface area (Å²) >= 11 is 0. The number of hydroxylamine groups is 2. The minimum atomic E-state index is -1.28. The Bertz CT molecular complexity index is 1880. The molecule has 2 atom stereocenters. The van der Waals surface area contributed by atoms with Crippen molar-refractivity contribution < 1.29 is 28.8 Å². The predicted molar refractivity (Wildman–Crippen MR) is 204 cm³/mol. The molecule has 1 aliphatic heterocycles. The van der Waals surface area contributed by atoms with Crippen molar-refractivity contribution in [2.24, 2.45) is 11.3 Å². The molecule has 2 N–H and O–H groups in total. The summed E-state index contributed by atoms with van der Waals surface area (Å²) in [5.41, 5.74) is 3.36. The number of urea groups is 1. The zero-order valence-corrected chi connectivity index (χ0v) is 32.3. The van der Waals surface area contributed by atoms with Gasteiger partial charge in [0.2, 0.25) is 11.8 Å². The number of nitrogens with one attached hydrogen (secondary N) is 2. The Balaban J connectivity index is 1.13. The van der Waals surface area contributed by atoms with Crippen molar-refractivity contribution in [3.05, 3.63) is 113 Å². The second-order valence-corrected chi connectivity index (χ2v) is 15.3. The van der Waals surface area contributed by atoms with Crippen molar-refractivity contribution in [3.8, 4) is 5.69 Å². The van der Waals surface area contributed by atoms with Crippen LogP contribution in [0.2, 0.25) is 0 Å². The second-order valence-electron chi connectivity index (χ2n) is 15.3. The number of benzene rings is 3. The van der Waals surface area contributed by atoms with Crippen LogP contribution in [-0.2, 0) is 32.2 Å². The van der Waals surface area contributed by atoms with Gasteiger partial charge < -0.3 is 4.74 Å². The standard InChI is InChI=1S/C42H52N6O6/c1-8-24-42(38(50)43-40(52)44-39(42)51)25-12-15-34-26-47(46-45-34)35-22-20-33(21-23-35)37(49)53-27-30-16-18-31(19-17-30)29(4)54-48(41(5,6)7)36(28(2)3)32-13-10-9-11-14-32/h9-11,13-14,16-23,26,28-29,36H,8,12,15,24-25,27H2,1-7H3,(H2,43,44,50,51,52). The molecule has 286 valence electrons. The van der Waals surface area contributed by atoms with E-state index >= 15 is 0 Å². The Morgan fingerprint density at radius 1 is 0.870 bits per heavy atom. The number of hydrogen-bond acceptors (Lipinski definition) is 9. The quantitative estimate of drug-likeness (QED) is 0.0675. The summed E-state index contributed by atoms with van der Waals surface area (Å²) in [4.78, 5) is 56.5. The third kappa shape index (κ3) is 9.47. The maximum absolute atomic E-state index is 12.9. The third-order valence-electron chi connectivity index (χ3n) is 9.72. The van der Waals surface area contributed by atoms with Crippen LogP contribution < -0.4 is 10.6 Å². The second kappa shape index (κ2) is 17.3. The van der Waals surface area contributed by atoms with E-state index in [1.54, 1.807) is 35.1 Å². The Morgan fingerprint density at radius 3 is 2.11 bits per heavy atom. The Kier molecular flexibility index (Phi) is 12.8. The molecule has 54 heavy (non-hydrogen) atoms. The van der Waals surface area contributed by atoms with Gasteiger partial charge in [-0.3, -0.25) is 25.1 Å². The summed E-state index contributed by atoms with van der Waals surface area (Å²) in [5, 5.41) is 15.0. The van der Waals surface area contributed by atoms with Crippen LogP contribution >= 0.6 is 0 Å². The summed E-state index contributed by atoms with van der Waals surface area (Å²) < 4.78 is 7.23. The SMILES string of the molecule is CCCC1(CCCc2cn(-c3ccc(C(=O)OCc4ccc(C(C)ON(C(c5ccccc5)C(C)C)C(C)(C)C)cc4)cc3)nn2)C(=O)NC(=O)NC1=O. The lowest BCUT2D eigenvalue weighted by atomic mass is 9.76. The normalized spacial score (nSPS) is 15.5. The topological polar surface area (TPSA) is 145 Å². The maximum Gasteiger partial charge on any atom is 0.338 e. The van der Waals surface area contributed by atoms with Gasteiger partial charge in [-0.2, -0.15) is 5.06 Å². The van der Waals surface area contributed by atoms with Gasteiger partial charge in [-0.05, 0) is 100 Å². The fourth-order valence-electron chi connectivity index (χ4n) is 6.88. The first kappa shape index (κ1) is 40.0. The largest absolute Gasteiger partial charge is 0.457 e. The zero-order valence-electron chi connectivity index (χ0n) is 32.3. The molecule has 1 saturated heterocycles. The lowest BCUT2D eigenvalue weighted by Crippen LogP contribution is -2.62. The number of aryl methyl sites for hydroxylation is 1. The van der Waals surface area contributed by atoms with Gasteiger partial charge >= 0.3 is 12.0 Å². The molecule has 4 aromatic rings. The summed E-state index contributed by atoms with van der Waals surface area (Å²) in [7, 11) is 0. The monoisotopic (exact) mass is 736 g/mol. The molecule has 0 radical (unpaired) electrons. The van der Waals surface area contributed by atoms with Crippen molar-refractivity contribution in [3.63, 3.8) is 0 Å². The van der Waals surface area contributed by atoms with Gasteiger partial charge in [0.1, 0.15) is 18.1 Å². The van der Waals surface area contributed by atoms with Gasteiger partial charge in [-0.15, -0.1) is 5.10 Å². The van der Waals surface area contributed by atoms with Crippen molar-refractivity contribution >= 4 is 23.8 Å². The van der Waals surface area contributed by atoms with Crippen LogP contribution in [0.25, 0.3) is 5.69 Å². The van der Waals surface area contributed by atoms with Gasteiger partial charge in [0, 0.05) is 5.54 Å². The smallest absolute Gasteiger partial charge is 0.338 e. The van der Waals surface area contributed by atoms with Crippen LogP contribution in [0.15, 0.2) is 85.1 Å². The lowest BCUT2D eigenvalue weighted by Gasteiger charge is -2.44. The van der Waals surface area contributed by atoms with Gasteiger partial charge in [-0.1, -0.05) is 87.0 Å². The number of aromatic nitrogens is 3. The number of rotatable bonds is 16. The molecule has 0 saturated carbocycles. The fraction of sp³-hybridized carbons (Fsp3) is 0.429. The summed E-state index contributed by atoms with van der Waals surface area (Å²) in [6.45, 7) is 15.0. The fourth-order valence-corrected chi connectivity index (χ4v) is 6.88. The first-order valence-corrected chi connectivity index (χ1v) is 18.7. The molecule has 4 amide bonds. The Hall–Kier alpha value is -5.20. The van der Waals surface area contributed by atoms with E-state index in [2.05, 4.69) is 84.9 Å². The lowest BCUT2D eigenvalue weighted by molar-refractivity contribution is -0.272. The number of nitrogens with zero attached hydrogens (tertiary/aromatic N) is 4. The molecule has 2 unspecified atom stereocenters. The number of esters is 1. The van der Waals surface area contributed by atoms with Crippen molar-refractivity contribution in [2.75, 3.05) is 0 Å². The highest BCUT2D eigenvalue weighted by Gasteiger charge is 2.48. The van der Waals surface area contributed by atoms with E-state index in [0.717, 1.165) is 11.1 Å². The van der Waals surface area contributed by atoms with E-state index in [1.807, 2.05) is 44.2 Å². The van der Waals surface area contributed by atoms with Gasteiger partial charge in [0.05, 0.1) is 29.2 Å². The van der Waals surface area contributed by atoms with Crippen molar-refractivity contribution in [1.29, 1.82) is 0 Å². The zero-order chi connectivity index (χ0) is 39.0. The Morgan fingerprint density at radius 2 is 1.52 bits per heavy atom. The van der Waals surface area contributed by atoms with E-state index in [4.69, 9.17) is 9.57 Å². The summed E-state index contributed by atoms with van der Waals surface area (Å²) in [5.74, 6) is -1.24. The molecule has 1 aromatic heterocycles. The minimum absolute atomic E-state index is 0.0733. The third-order valence-corrected chi connectivity index (χ3v) is 9.72. The van der Waals surface area contributed by atoms with Crippen LogP contribution in [0, 0.1) is 11.3 Å². The molecule has 1 fully saturated rings. The number of hydrogen-bond donors (Lipinski definition) is 2. The molecule has 1 aliphatic rings. The van der Waals surface area contributed by atoms with E-state index < -0.39 is 29.2 Å². The highest BCUT2D eigenvalue weighted by molar-refractivity contribution is 6.19.